The highest BCUT2D eigenvalue weighted by molar-refractivity contribution is 6.35. The van der Waals surface area contributed by atoms with Crippen molar-refractivity contribution < 1.29 is 14.3 Å². The van der Waals surface area contributed by atoms with Crippen LogP contribution in [0.25, 0.3) is 6.08 Å². The number of ether oxygens (including phenoxy) is 1. The molecule has 0 atom stereocenters. The number of imide groups is 1. The lowest BCUT2D eigenvalue weighted by Gasteiger charge is -2.28. The third-order valence-electron chi connectivity index (χ3n) is 4.89. The second-order valence-corrected chi connectivity index (χ2v) is 7.65. The molecule has 0 spiro atoms. The van der Waals surface area contributed by atoms with Gasteiger partial charge in [-0.05, 0) is 41.5 Å². The van der Waals surface area contributed by atoms with Crippen LogP contribution in [0.1, 0.15) is 11.1 Å². The summed E-state index contributed by atoms with van der Waals surface area (Å²) in [5.74, 6) is -0.390. The molecule has 2 aromatic carbocycles. The van der Waals surface area contributed by atoms with E-state index in [1.807, 2.05) is 24.3 Å². The van der Waals surface area contributed by atoms with Crippen molar-refractivity contribution in [2.45, 2.75) is 6.54 Å². The van der Waals surface area contributed by atoms with E-state index in [4.69, 9.17) is 27.9 Å². The average molecular weight is 432 g/mol. The van der Waals surface area contributed by atoms with Crippen molar-refractivity contribution in [2.24, 2.45) is 0 Å². The maximum absolute atomic E-state index is 12.7. The van der Waals surface area contributed by atoms with E-state index in [9.17, 15) is 9.59 Å². The van der Waals surface area contributed by atoms with Crippen molar-refractivity contribution in [3.05, 3.63) is 69.3 Å². The highest BCUT2D eigenvalue weighted by atomic mass is 35.5. The van der Waals surface area contributed by atoms with E-state index in [-0.39, 0.29) is 12.2 Å². The van der Waals surface area contributed by atoms with Crippen molar-refractivity contribution in [1.29, 1.82) is 0 Å². The summed E-state index contributed by atoms with van der Waals surface area (Å²) in [6.07, 6.45) is 1.67. The maximum atomic E-state index is 12.7. The number of nitrogens with zero attached hydrogens (tertiary/aromatic N) is 2. The second-order valence-electron chi connectivity index (χ2n) is 6.81. The second kappa shape index (κ2) is 8.45. The topological polar surface area (TPSA) is 61.9 Å². The van der Waals surface area contributed by atoms with Crippen LogP contribution < -0.4 is 10.2 Å². The highest BCUT2D eigenvalue weighted by Gasteiger charge is 2.33. The molecule has 6 nitrogen and oxygen atoms in total. The summed E-state index contributed by atoms with van der Waals surface area (Å²) in [6.45, 7) is 3.24. The van der Waals surface area contributed by atoms with E-state index >= 15 is 0 Å². The summed E-state index contributed by atoms with van der Waals surface area (Å²) in [6, 6.07) is 12.4. The Morgan fingerprint density at radius 2 is 1.76 bits per heavy atom. The van der Waals surface area contributed by atoms with Crippen LogP contribution in [0.4, 0.5) is 10.5 Å². The Labute approximate surface area is 178 Å². The molecule has 2 saturated heterocycles. The van der Waals surface area contributed by atoms with E-state index in [1.165, 1.54) is 0 Å². The third-order valence-corrected chi connectivity index (χ3v) is 5.47. The SMILES string of the molecule is O=C1N/C(=C\c2ccc(N3CCOCC3)cc2)C(=O)N1Cc1ccc(Cl)cc1Cl. The number of morpholine rings is 1. The van der Waals surface area contributed by atoms with Crippen molar-refractivity contribution in [3.63, 3.8) is 0 Å². The zero-order valence-corrected chi connectivity index (χ0v) is 17.0. The zero-order valence-electron chi connectivity index (χ0n) is 15.5. The molecular formula is C21H19Cl2N3O3. The smallest absolute Gasteiger partial charge is 0.329 e. The molecule has 2 heterocycles. The molecule has 0 bridgehead atoms. The fourth-order valence-corrected chi connectivity index (χ4v) is 3.77. The number of carbonyl (C=O) groups is 2. The van der Waals surface area contributed by atoms with Gasteiger partial charge in [-0.15, -0.1) is 0 Å². The van der Waals surface area contributed by atoms with Gasteiger partial charge in [-0.1, -0.05) is 41.4 Å². The van der Waals surface area contributed by atoms with Gasteiger partial charge in [-0.25, -0.2) is 4.79 Å². The summed E-state index contributed by atoms with van der Waals surface area (Å²) in [5.41, 5.74) is 2.82. The van der Waals surface area contributed by atoms with Crippen molar-refractivity contribution in [3.8, 4) is 0 Å². The van der Waals surface area contributed by atoms with Gasteiger partial charge in [0.1, 0.15) is 5.70 Å². The quantitative estimate of drug-likeness (QED) is 0.588. The molecule has 29 heavy (non-hydrogen) atoms. The number of nitrogens with one attached hydrogen (secondary N) is 1. The third kappa shape index (κ3) is 4.40. The molecule has 1 N–H and O–H groups in total. The molecule has 0 aliphatic carbocycles. The summed E-state index contributed by atoms with van der Waals surface area (Å²) >= 11 is 12.1. The number of hydrogen-bond donors (Lipinski definition) is 1. The normalized spacial score (nSPS) is 18.5. The van der Waals surface area contributed by atoms with Crippen LogP contribution in [-0.2, 0) is 16.1 Å². The maximum Gasteiger partial charge on any atom is 0.329 e. The Kier molecular flexibility index (Phi) is 5.76. The molecule has 0 unspecified atom stereocenters. The standard InChI is InChI=1S/C21H19Cl2N3O3/c22-16-4-3-15(18(23)12-16)13-26-20(27)19(24-21(26)28)11-14-1-5-17(6-2-14)25-7-9-29-10-8-25/h1-6,11-12H,7-10,13H2,(H,24,28)/b19-11-. The van der Waals surface area contributed by atoms with Gasteiger partial charge < -0.3 is 15.0 Å². The molecular weight excluding hydrogens is 413 g/mol. The summed E-state index contributed by atoms with van der Waals surface area (Å²) in [7, 11) is 0. The van der Waals surface area contributed by atoms with Gasteiger partial charge in [-0.3, -0.25) is 9.69 Å². The molecule has 3 amide bonds. The molecule has 150 valence electrons. The van der Waals surface area contributed by atoms with E-state index in [2.05, 4.69) is 10.2 Å². The van der Waals surface area contributed by atoms with Gasteiger partial charge in [0.2, 0.25) is 0 Å². The van der Waals surface area contributed by atoms with Crippen LogP contribution in [0.5, 0.6) is 0 Å². The first-order valence-corrected chi connectivity index (χ1v) is 9.98. The number of hydrogen-bond acceptors (Lipinski definition) is 4. The highest BCUT2D eigenvalue weighted by Crippen LogP contribution is 2.25. The number of urea groups is 1. The fraction of sp³-hybridized carbons (Fsp3) is 0.238. The van der Waals surface area contributed by atoms with E-state index in [0.29, 0.717) is 15.6 Å². The predicted octanol–water partition coefficient (Wildman–Crippen LogP) is 3.92. The number of amides is 3. The zero-order chi connectivity index (χ0) is 20.4. The summed E-state index contributed by atoms with van der Waals surface area (Å²) in [5, 5.41) is 3.54. The summed E-state index contributed by atoms with van der Waals surface area (Å²) in [4.78, 5) is 28.4. The largest absolute Gasteiger partial charge is 0.378 e. The number of benzene rings is 2. The van der Waals surface area contributed by atoms with Gasteiger partial charge >= 0.3 is 6.03 Å². The Morgan fingerprint density at radius 1 is 1.03 bits per heavy atom. The van der Waals surface area contributed by atoms with Crippen molar-refractivity contribution in [1.82, 2.24) is 10.2 Å². The number of rotatable bonds is 4. The van der Waals surface area contributed by atoms with Gasteiger partial charge in [0, 0.05) is 28.8 Å². The van der Waals surface area contributed by atoms with Gasteiger partial charge in [0.05, 0.1) is 19.8 Å². The Bertz CT molecular complexity index is 970. The molecule has 2 aliphatic heterocycles. The molecule has 4 rings (SSSR count). The summed E-state index contributed by atoms with van der Waals surface area (Å²) < 4.78 is 5.37. The van der Waals surface area contributed by atoms with Crippen molar-refractivity contribution in [2.75, 3.05) is 31.2 Å². The van der Waals surface area contributed by atoms with Crippen LogP contribution in [0, 0.1) is 0 Å². The lowest BCUT2D eigenvalue weighted by Crippen LogP contribution is -2.36. The average Bonchev–Trinajstić information content (AvgIpc) is 2.98. The molecule has 0 radical (unpaired) electrons. The van der Waals surface area contributed by atoms with Crippen LogP contribution in [0.2, 0.25) is 10.0 Å². The first-order valence-electron chi connectivity index (χ1n) is 9.22. The molecule has 2 aromatic rings. The molecule has 2 fully saturated rings. The molecule has 8 heteroatoms. The lowest BCUT2D eigenvalue weighted by molar-refractivity contribution is -0.123. The minimum atomic E-state index is -0.475. The number of halogens is 2. The number of anilines is 1. The van der Waals surface area contributed by atoms with E-state index in [1.54, 1.807) is 24.3 Å². The van der Waals surface area contributed by atoms with Gasteiger partial charge in [-0.2, -0.15) is 0 Å². The van der Waals surface area contributed by atoms with Crippen molar-refractivity contribution >= 4 is 46.9 Å². The van der Waals surface area contributed by atoms with Crippen LogP contribution >= 0.6 is 23.2 Å². The van der Waals surface area contributed by atoms with Crippen LogP contribution in [-0.4, -0.2) is 43.1 Å². The molecule has 0 aromatic heterocycles. The van der Waals surface area contributed by atoms with E-state index < -0.39 is 11.9 Å². The van der Waals surface area contributed by atoms with Gasteiger partial charge in [0.15, 0.2) is 0 Å². The number of carbonyl (C=O) groups excluding carboxylic acids is 2. The van der Waals surface area contributed by atoms with Crippen LogP contribution in [0.15, 0.2) is 48.2 Å². The lowest BCUT2D eigenvalue weighted by atomic mass is 10.1. The van der Waals surface area contributed by atoms with Crippen LogP contribution in [0.3, 0.4) is 0 Å². The fourth-order valence-electron chi connectivity index (χ4n) is 3.31. The molecule has 0 saturated carbocycles. The predicted molar refractivity (Wildman–Crippen MR) is 113 cm³/mol. The minimum Gasteiger partial charge on any atom is -0.378 e. The monoisotopic (exact) mass is 431 g/mol. The Hall–Kier alpha value is -2.54. The molecule has 2 aliphatic rings. The first-order chi connectivity index (χ1) is 14.0. The Balaban J connectivity index is 1.48. The first kappa shape index (κ1) is 19.8. The van der Waals surface area contributed by atoms with E-state index in [0.717, 1.165) is 42.5 Å². The minimum absolute atomic E-state index is 0.0774. The van der Waals surface area contributed by atoms with Gasteiger partial charge in [0.25, 0.3) is 5.91 Å². The Morgan fingerprint density at radius 3 is 2.45 bits per heavy atom.